The van der Waals surface area contributed by atoms with Crippen LogP contribution in [0, 0.1) is 6.92 Å². The van der Waals surface area contributed by atoms with Crippen LogP contribution in [0.15, 0.2) is 9.59 Å². The third-order valence-corrected chi connectivity index (χ3v) is 1.33. The van der Waals surface area contributed by atoms with Gasteiger partial charge < -0.3 is 10.3 Å². The maximum atomic E-state index is 11.0. The highest BCUT2D eigenvalue weighted by Gasteiger charge is 2.02. The maximum absolute atomic E-state index is 11.0. The van der Waals surface area contributed by atoms with Crippen molar-refractivity contribution in [3.8, 4) is 0 Å². The molecule has 0 saturated carbocycles. The standard InChI is InChI=1S/C6H7N3O3/c1-3-4(7-2-10)5(11)9-6(12)8-3/h2H,1H3,(H,7,10)(H2,8,9,11,12). The molecule has 6 nitrogen and oxygen atoms in total. The summed E-state index contributed by atoms with van der Waals surface area (Å²) in [6.45, 7) is 1.52. The molecule has 1 amide bonds. The van der Waals surface area contributed by atoms with Gasteiger partial charge in [0.15, 0.2) is 0 Å². The lowest BCUT2D eigenvalue weighted by atomic mass is 10.4. The molecule has 0 saturated heterocycles. The molecule has 64 valence electrons. The molecule has 0 radical (unpaired) electrons. The monoisotopic (exact) mass is 169 g/mol. The van der Waals surface area contributed by atoms with Crippen molar-refractivity contribution < 1.29 is 4.79 Å². The van der Waals surface area contributed by atoms with Crippen molar-refractivity contribution in [2.24, 2.45) is 0 Å². The van der Waals surface area contributed by atoms with Crippen LogP contribution in [0.2, 0.25) is 0 Å². The summed E-state index contributed by atoms with van der Waals surface area (Å²) in [6, 6.07) is 0. The summed E-state index contributed by atoms with van der Waals surface area (Å²) in [5, 5.41) is 2.18. The summed E-state index contributed by atoms with van der Waals surface area (Å²) in [4.78, 5) is 35.9. The molecule has 1 aromatic rings. The molecule has 1 aromatic heterocycles. The number of aryl methyl sites for hydroxylation is 1. The second kappa shape index (κ2) is 3.04. The van der Waals surface area contributed by atoms with Crippen LogP contribution >= 0.6 is 0 Å². The third kappa shape index (κ3) is 1.42. The van der Waals surface area contributed by atoms with Crippen LogP contribution in [0.5, 0.6) is 0 Å². The van der Waals surface area contributed by atoms with E-state index in [9.17, 15) is 14.4 Å². The fourth-order valence-corrected chi connectivity index (χ4v) is 0.833. The Morgan fingerprint density at radius 1 is 1.33 bits per heavy atom. The van der Waals surface area contributed by atoms with E-state index in [0.717, 1.165) is 0 Å². The van der Waals surface area contributed by atoms with Gasteiger partial charge in [-0.05, 0) is 6.92 Å². The lowest BCUT2D eigenvalue weighted by Crippen LogP contribution is -2.26. The molecule has 0 atom stereocenters. The van der Waals surface area contributed by atoms with Crippen molar-refractivity contribution in [1.29, 1.82) is 0 Å². The van der Waals surface area contributed by atoms with Gasteiger partial charge in [-0.15, -0.1) is 0 Å². The Kier molecular flexibility index (Phi) is 2.09. The van der Waals surface area contributed by atoms with Crippen LogP contribution in [-0.4, -0.2) is 16.4 Å². The Labute approximate surface area is 66.6 Å². The minimum atomic E-state index is -0.608. The van der Waals surface area contributed by atoms with Gasteiger partial charge >= 0.3 is 5.69 Å². The third-order valence-electron chi connectivity index (χ3n) is 1.33. The molecule has 0 aromatic carbocycles. The smallest absolute Gasteiger partial charge is 0.323 e. The summed E-state index contributed by atoms with van der Waals surface area (Å²) < 4.78 is 0. The van der Waals surface area contributed by atoms with Crippen molar-refractivity contribution in [1.82, 2.24) is 9.97 Å². The summed E-state index contributed by atoms with van der Waals surface area (Å²) in [7, 11) is 0. The molecule has 1 heterocycles. The van der Waals surface area contributed by atoms with Crippen molar-refractivity contribution >= 4 is 12.1 Å². The highest BCUT2D eigenvalue weighted by Crippen LogP contribution is 1.98. The normalized spacial score (nSPS) is 9.42. The number of amides is 1. The van der Waals surface area contributed by atoms with Crippen LogP contribution < -0.4 is 16.6 Å². The van der Waals surface area contributed by atoms with E-state index in [1.807, 2.05) is 4.98 Å². The van der Waals surface area contributed by atoms with Gasteiger partial charge in [0.2, 0.25) is 6.41 Å². The summed E-state index contributed by atoms with van der Waals surface area (Å²) in [5.41, 5.74) is -0.808. The average molecular weight is 169 g/mol. The van der Waals surface area contributed by atoms with Gasteiger partial charge in [-0.1, -0.05) is 0 Å². The molecule has 0 bridgehead atoms. The van der Waals surface area contributed by atoms with Crippen LogP contribution in [-0.2, 0) is 4.79 Å². The first-order valence-corrected chi connectivity index (χ1v) is 3.18. The number of carbonyl (C=O) groups is 1. The minimum Gasteiger partial charge on any atom is -0.323 e. The van der Waals surface area contributed by atoms with E-state index in [1.165, 1.54) is 6.92 Å². The predicted octanol–water partition coefficient (Wildman–Crippen LogP) is -1.06. The fourth-order valence-electron chi connectivity index (χ4n) is 0.833. The number of aromatic amines is 2. The van der Waals surface area contributed by atoms with Crippen molar-refractivity contribution in [2.45, 2.75) is 6.92 Å². The summed E-state index contributed by atoms with van der Waals surface area (Å²) in [5.74, 6) is 0. The van der Waals surface area contributed by atoms with E-state index < -0.39 is 11.2 Å². The molecule has 0 unspecified atom stereocenters. The van der Waals surface area contributed by atoms with Crippen molar-refractivity contribution in [3.05, 3.63) is 26.5 Å². The number of carbonyl (C=O) groups excluding carboxylic acids is 1. The van der Waals surface area contributed by atoms with Gasteiger partial charge in [0.1, 0.15) is 5.69 Å². The molecule has 0 aliphatic heterocycles. The largest absolute Gasteiger partial charge is 0.326 e. The first-order valence-electron chi connectivity index (χ1n) is 3.18. The molecule has 3 N–H and O–H groups in total. The van der Waals surface area contributed by atoms with Crippen LogP contribution in [0.4, 0.5) is 5.69 Å². The number of aromatic nitrogens is 2. The number of hydrogen-bond acceptors (Lipinski definition) is 3. The maximum Gasteiger partial charge on any atom is 0.326 e. The van der Waals surface area contributed by atoms with Gasteiger partial charge in [0.25, 0.3) is 5.56 Å². The first kappa shape index (κ1) is 8.25. The zero-order valence-corrected chi connectivity index (χ0v) is 6.30. The van der Waals surface area contributed by atoms with Crippen molar-refractivity contribution in [2.75, 3.05) is 5.32 Å². The Morgan fingerprint density at radius 2 is 2.00 bits per heavy atom. The van der Waals surface area contributed by atoms with E-state index in [-0.39, 0.29) is 5.69 Å². The molecule has 6 heteroatoms. The van der Waals surface area contributed by atoms with Gasteiger partial charge in [-0.3, -0.25) is 14.6 Å². The van der Waals surface area contributed by atoms with E-state index >= 15 is 0 Å². The zero-order chi connectivity index (χ0) is 9.14. The van der Waals surface area contributed by atoms with Gasteiger partial charge in [0, 0.05) is 5.69 Å². The van der Waals surface area contributed by atoms with E-state index in [2.05, 4.69) is 10.3 Å². The summed E-state index contributed by atoms with van der Waals surface area (Å²) >= 11 is 0. The predicted molar refractivity (Wildman–Crippen MR) is 42.1 cm³/mol. The minimum absolute atomic E-state index is 0.0598. The highest BCUT2D eigenvalue weighted by atomic mass is 16.2. The molecular formula is C6H7N3O3. The van der Waals surface area contributed by atoms with E-state index in [0.29, 0.717) is 12.1 Å². The van der Waals surface area contributed by atoms with Gasteiger partial charge in [0.05, 0.1) is 0 Å². The number of nitrogens with one attached hydrogen (secondary N) is 3. The zero-order valence-electron chi connectivity index (χ0n) is 6.30. The molecule has 0 spiro atoms. The van der Waals surface area contributed by atoms with Crippen LogP contribution in [0.3, 0.4) is 0 Å². The van der Waals surface area contributed by atoms with E-state index in [4.69, 9.17) is 0 Å². The lowest BCUT2D eigenvalue weighted by Gasteiger charge is -1.99. The highest BCUT2D eigenvalue weighted by molar-refractivity contribution is 5.71. The Bertz CT molecular complexity index is 403. The Morgan fingerprint density at radius 3 is 2.50 bits per heavy atom. The lowest BCUT2D eigenvalue weighted by molar-refractivity contribution is -0.105. The molecule has 0 aliphatic carbocycles. The molecule has 12 heavy (non-hydrogen) atoms. The second-order valence-electron chi connectivity index (χ2n) is 2.17. The molecule has 1 rings (SSSR count). The Balaban J connectivity index is 3.38. The molecule has 0 fully saturated rings. The fraction of sp³-hybridized carbons (Fsp3) is 0.167. The van der Waals surface area contributed by atoms with Crippen LogP contribution in [0.25, 0.3) is 0 Å². The average Bonchev–Trinajstić information content (AvgIpc) is 1.96. The topological polar surface area (TPSA) is 94.8 Å². The van der Waals surface area contributed by atoms with E-state index in [1.54, 1.807) is 0 Å². The number of hydrogen-bond donors (Lipinski definition) is 3. The SMILES string of the molecule is Cc1[nH]c(=O)[nH]c(=O)c1NC=O. The summed E-state index contributed by atoms with van der Waals surface area (Å²) in [6.07, 6.45) is 0.371. The first-order chi connectivity index (χ1) is 5.65. The number of rotatable bonds is 2. The number of H-pyrrole nitrogens is 2. The second-order valence-corrected chi connectivity index (χ2v) is 2.17. The van der Waals surface area contributed by atoms with Gasteiger partial charge in [-0.25, -0.2) is 4.79 Å². The quantitative estimate of drug-likeness (QED) is 0.492. The van der Waals surface area contributed by atoms with Crippen LogP contribution in [0.1, 0.15) is 5.69 Å². The molecular weight excluding hydrogens is 162 g/mol. The Hall–Kier alpha value is -1.85. The van der Waals surface area contributed by atoms with Crippen molar-refractivity contribution in [3.63, 3.8) is 0 Å². The molecule has 0 aliphatic rings. The number of anilines is 1. The van der Waals surface area contributed by atoms with Gasteiger partial charge in [-0.2, -0.15) is 0 Å².